The van der Waals surface area contributed by atoms with E-state index in [1.54, 1.807) is 0 Å². The zero-order chi connectivity index (χ0) is 13.4. The van der Waals surface area contributed by atoms with Crippen molar-refractivity contribution in [3.05, 3.63) is 12.7 Å². The minimum atomic E-state index is -0.207. The average Bonchev–Trinajstić information content (AvgIpc) is 3.19. The van der Waals surface area contributed by atoms with Crippen LogP contribution in [0.3, 0.4) is 0 Å². The third-order valence-corrected chi connectivity index (χ3v) is 7.76. The second-order valence-corrected chi connectivity index (χ2v) is 8.05. The lowest BCUT2D eigenvalue weighted by Gasteiger charge is -2.43. The average molecular weight is 272 g/mol. The fraction of sp³-hybridized carbons (Fsp3) is 0.833. The molecule has 0 N–H and O–H groups in total. The van der Waals surface area contributed by atoms with Crippen molar-refractivity contribution in [3.63, 3.8) is 0 Å². The van der Waals surface area contributed by atoms with E-state index in [4.69, 9.17) is 4.74 Å². The van der Waals surface area contributed by atoms with Crippen LogP contribution in [0.15, 0.2) is 12.7 Å². The Balaban J connectivity index is 1.41. The lowest BCUT2D eigenvalue weighted by molar-refractivity contribution is -0.148. The van der Waals surface area contributed by atoms with E-state index in [2.05, 4.69) is 6.58 Å². The van der Waals surface area contributed by atoms with Gasteiger partial charge in [-0.1, -0.05) is 13.0 Å². The highest BCUT2D eigenvalue weighted by atomic mass is 16.5. The van der Waals surface area contributed by atoms with Crippen molar-refractivity contribution in [2.75, 3.05) is 0 Å². The van der Waals surface area contributed by atoms with E-state index in [0.29, 0.717) is 5.92 Å². The van der Waals surface area contributed by atoms with Crippen LogP contribution >= 0.6 is 0 Å². The van der Waals surface area contributed by atoms with Crippen molar-refractivity contribution in [2.24, 2.45) is 47.3 Å². The van der Waals surface area contributed by atoms with Crippen molar-refractivity contribution < 1.29 is 9.53 Å². The van der Waals surface area contributed by atoms with Crippen LogP contribution in [0, 0.1) is 47.3 Å². The number of rotatable bonds is 2. The maximum Gasteiger partial charge on any atom is 0.330 e. The monoisotopic (exact) mass is 272 g/mol. The van der Waals surface area contributed by atoms with Crippen LogP contribution in [0.25, 0.3) is 0 Å². The molecule has 9 unspecified atom stereocenters. The Labute approximate surface area is 120 Å². The van der Waals surface area contributed by atoms with E-state index in [-0.39, 0.29) is 12.1 Å². The van der Waals surface area contributed by atoms with E-state index in [0.717, 1.165) is 47.8 Å². The molecular weight excluding hydrogens is 248 g/mol. The zero-order valence-electron chi connectivity index (χ0n) is 12.0. The van der Waals surface area contributed by atoms with Crippen LogP contribution in [0.5, 0.6) is 0 Å². The van der Waals surface area contributed by atoms with Gasteiger partial charge in [-0.15, -0.1) is 0 Å². The van der Waals surface area contributed by atoms with Crippen LogP contribution < -0.4 is 0 Å². The van der Waals surface area contributed by atoms with Crippen LogP contribution in [-0.4, -0.2) is 12.1 Å². The molecule has 20 heavy (non-hydrogen) atoms. The summed E-state index contributed by atoms with van der Waals surface area (Å²) in [6.07, 6.45) is 10.0. The number of fused-ring (bicyclic) bond motifs is 12. The molecule has 5 rings (SSSR count). The molecule has 0 aromatic carbocycles. The Morgan fingerprint density at radius 3 is 2.45 bits per heavy atom. The largest absolute Gasteiger partial charge is 0.459 e. The smallest absolute Gasteiger partial charge is 0.330 e. The first kappa shape index (κ1) is 11.8. The molecule has 5 aliphatic rings. The first-order valence-corrected chi connectivity index (χ1v) is 8.61. The van der Waals surface area contributed by atoms with Gasteiger partial charge in [-0.2, -0.15) is 0 Å². The molecule has 0 amide bonds. The van der Waals surface area contributed by atoms with E-state index in [1.807, 2.05) is 0 Å². The van der Waals surface area contributed by atoms with Gasteiger partial charge in [-0.3, -0.25) is 0 Å². The summed E-state index contributed by atoms with van der Waals surface area (Å²) in [6.45, 7) is 3.54. The van der Waals surface area contributed by atoms with Gasteiger partial charge >= 0.3 is 5.97 Å². The summed E-state index contributed by atoms with van der Waals surface area (Å²) < 4.78 is 5.66. The summed E-state index contributed by atoms with van der Waals surface area (Å²) >= 11 is 0. The number of hydrogen-bond donors (Lipinski definition) is 0. The second-order valence-electron chi connectivity index (χ2n) is 8.05. The Kier molecular flexibility index (Phi) is 2.30. The van der Waals surface area contributed by atoms with Crippen molar-refractivity contribution in [3.8, 4) is 0 Å². The summed E-state index contributed by atoms with van der Waals surface area (Å²) in [7, 11) is 0. The predicted octanol–water partition coefficient (Wildman–Crippen LogP) is 3.42. The summed E-state index contributed by atoms with van der Waals surface area (Å²) in [6, 6.07) is 0. The molecule has 5 saturated carbocycles. The molecule has 0 aromatic heterocycles. The molecule has 2 heteroatoms. The quantitative estimate of drug-likeness (QED) is 0.437. The maximum absolute atomic E-state index is 11.5. The van der Waals surface area contributed by atoms with Crippen molar-refractivity contribution in [1.29, 1.82) is 0 Å². The standard InChI is InChI=1S/C18H24O2/c1-2-16(19)20-15-7-9-6-14(15)18-13-8-12(17(9)18)10-4-3-5-11(10)13/h2,9-15,17-18H,1,3-8H2. The Bertz CT molecular complexity index is 470. The molecule has 0 radical (unpaired) electrons. The second kappa shape index (κ2) is 3.90. The fourth-order valence-electron chi connectivity index (χ4n) is 7.59. The van der Waals surface area contributed by atoms with Gasteiger partial charge in [0.2, 0.25) is 0 Å². The van der Waals surface area contributed by atoms with E-state index < -0.39 is 0 Å². The molecule has 9 atom stereocenters. The van der Waals surface area contributed by atoms with Gasteiger partial charge in [0.05, 0.1) is 0 Å². The number of carbonyl (C=O) groups is 1. The summed E-state index contributed by atoms with van der Waals surface area (Å²) in [5.41, 5.74) is 0. The lowest BCUT2D eigenvalue weighted by atomic mass is 9.64. The van der Waals surface area contributed by atoms with Gasteiger partial charge in [0.25, 0.3) is 0 Å². The Morgan fingerprint density at radius 1 is 0.950 bits per heavy atom. The van der Waals surface area contributed by atoms with Crippen LogP contribution in [-0.2, 0) is 9.53 Å². The van der Waals surface area contributed by atoms with Crippen molar-refractivity contribution in [1.82, 2.24) is 0 Å². The number of carbonyl (C=O) groups excluding carboxylic acids is 1. The van der Waals surface area contributed by atoms with Gasteiger partial charge in [-0.05, 0) is 79.4 Å². The highest BCUT2D eigenvalue weighted by Gasteiger charge is 2.68. The zero-order valence-corrected chi connectivity index (χ0v) is 12.0. The molecular formula is C18H24O2. The van der Waals surface area contributed by atoms with Gasteiger partial charge in [0.1, 0.15) is 6.10 Å². The van der Waals surface area contributed by atoms with Gasteiger partial charge in [0, 0.05) is 6.08 Å². The predicted molar refractivity (Wildman–Crippen MR) is 75.7 cm³/mol. The fourth-order valence-corrected chi connectivity index (χ4v) is 7.59. The first-order valence-electron chi connectivity index (χ1n) is 8.61. The SMILES string of the molecule is C=CC(=O)OC1CC2CC1C1C3CC(C4CCCC43)C21. The number of hydrogen-bond acceptors (Lipinski definition) is 2. The molecule has 0 saturated heterocycles. The van der Waals surface area contributed by atoms with Crippen molar-refractivity contribution in [2.45, 2.75) is 44.6 Å². The minimum absolute atomic E-state index is 0.207. The molecule has 5 fully saturated rings. The topological polar surface area (TPSA) is 26.3 Å². The van der Waals surface area contributed by atoms with E-state index in [1.165, 1.54) is 38.2 Å². The maximum atomic E-state index is 11.5. The third-order valence-electron chi connectivity index (χ3n) is 7.76. The van der Waals surface area contributed by atoms with Crippen LogP contribution in [0.2, 0.25) is 0 Å². The Hall–Kier alpha value is -0.790. The first-order chi connectivity index (χ1) is 9.78. The lowest BCUT2D eigenvalue weighted by Crippen LogP contribution is -2.41. The summed E-state index contributed by atoms with van der Waals surface area (Å²) in [5.74, 6) is 7.40. The molecule has 2 nitrogen and oxygen atoms in total. The van der Waals surface area contributed by atoms with E-state index >= 15 is 0 Å². The molecule has 4 bridgehead atoms. The molecule has 0 aliphatic heterocycles. The van der Waals surface area contributed by atoms with Crippen LogP contribution in [0.4, 0.5) is 0 Å². The Morgan fingerprint density at radius 2 is 1.70 bits per heavy atom. The van der Waals surface area contributed by atoms with Crippen molar-refractivity contribution >= 4 is 5.97 Å². The molecule has 108 valence electrons. The minimum Gasteiger partial charge on any atom is -0.459 e. The molecule has 5 aliphatic carbocycles. The molecule has 0 heterocycles. The van der Waals surface area contributed by atoms with Gasteiger partial charge in [-0.25, -0.2) is 4.79 Å². The summed E-state index contributed by atoms with van der Waals surface area (Å²) in [4.78, 5) is 11.5. The highest BCUT2D eigenvalue weighted by molar-refractivity contribution is 5.81. The third kappa shape index (κ3) is 1.29. The van der Waals surface area contributed by atoms with Gasteiger partial charge in [0.15, 0.2) is 0 Å². The normalized spacial score (nSPS) is 57.7. The summed E-state index contributed by atoms with van der Waals surface area (Å²) in [5, 5.41) is 0. The molecule has 0 spiro atoms. The molecule has 0 aromatic rings. The van der Waals surface area contributed by atoms with Gasteiger partial charge < -0.3 is 4.74 Å². The number of esters is 1. The number of ether oxygens (including phenoxy) is 1. The highest BCUT2D eigenvalue weighted by Crippen LogP contribution is 2.72. The van der Waals surface area contributed by atoms with Crippen LogP contribution in [0.1, 0.15) is 38.5 Å². The van der Waals surface area contributed by atoms with E-state index in [9.17, 15) is 4.79 Å².